The number of hydrogen-bond donors (Lipinski definition) is 0. The summed E-state index contributed by atoms with van der Waals surface area (Å²) in [6.45, 7) is 5.10. The van der Waals surface area contributed by atoms with Gasteiger partial charge in [-0.15, -0.1) is 0 Å². The van der Waals surface area contributed by atoms with Crippen LogP contribution < -0.4 is 9.64 Å². The first kappa shape index (κ1) is 16.0. The standard InChI is InChI=1S/C19H19NO5/c1-10(21)11-5-6-13(24-4)12(9-11)20-16(22)14-15(17(20)23)19(3)8-7-18(14,2)25-19/h5-9,14-15H,1-4H3/t14-,15+,18-,19-/m1/s1. The maximum Gasteiger partial charge on any atom is 0.241 e. The van der Waals surface area contributed by atoms with Gasteiger partial charge in [-0.1, -0.05) is 12.2 Å². The van der Waals surface area contributed by atoms with E-state index in [1.807, 2.05) is 26.0 Å². The Morgan fingerprint density at radius 2 is 1.68 bits per heavy atom. The summed E-state index contributed by atoms with van der Waals surface area (Å²) in [5, 5.41) is 0. The van der Waals surface area contributed by atoms with Crippen LogP contribution in [0.4, 0.5) is 5.69 Å². The summed E-state index contributed by atoms with van der Waals surface area (Å²) in [5.41, 5.74) is -0.840. The highest BCUT2D eigenvalue weighted by atomic mass is 16.5. The fourth-order valence-electron chi connectivity index (χ4n) is 4.35. The van der Waals surface area contributed by atoms with Gasteiger partial charge in [0.05, 0.1) is 35.8 Å². The van der Waals surface area contributed by atoms with E-state index in [1.54, 1.807) is 18.2 Å². The summed E-state index contributed by atoms with van der Waals surface area (Å²) in [7, 11) is 1.47. The number of methoxy groups -OCH3 is 1. The van der Waals surface area contributed by atoms with E-state index >= 15 is 0 Å². The minimum Gasteiger partial charge on any atom is -0.495 e. The number of anilines is 1. The molecule has 2 bridgehead atoms. The van der Waals surface area contributed by atoms with Crippen LogP contribution in [-0.4, -0.2) is 35.9 Å². The van der Waals surface area contributed by atoms with Crippen molar-refractivity contribution < 1.29 is 23.9 Å². The molecule has 0 aliphatic carbocycles. The Balaban J connectivity index is 1.84. The zero-order valence-electron chi connectivity index (χ0n) is 14.5. The lowest BCUT2D eigenvalue weighted by Gasteiger charge is -2.26. The van der Waals surface area contributed by atoms with Crippen LogP contribution in [0.3, 0.4) is 0 Å². The first-order chi connectivity index (χ1) is 11.7. The van der Waals surface area contributed by atoms with Gasteiger partial charge in [0.25, 0.3) is 0 Å². The van der Waals surface area contributed by atoms with E-state index in [2.05, 4.69) is 0 Å². The normalized spacial score (nSPS) is 35.4. The third-order valence-electron chi connectivity index (χ3n) is 5.55. The second kappa shape index (κ2) is 4.79. The van der Waals surface area contributed by atoms with Crippen LogP contribution in [0, 0.1) is 11.8 Å². The smallest absolute Gasteiger partial charge is 0.241 e. The van der Waals surface area contributed by atoms with Gasteiger partial charge in [-0.2, -0.15) is 0 Å². The SMILES string of the molecule is COc1ccc(C(C)=O)cc1N1C(=O)[C@@H]2[C@H](C1=O)[C@@]1(C)C=C[C@@]2(C)O1. The number of ketones is 1. The molecule has 3 aliphatic rings. The van der Waals surface area contributed by atoms with Crippen molar-refractivity contribution >= 4 is 23.3 Å². The minimum atomic E-state index is -0.785. The number of amides is 2. The molecule has 2 saturated heterocycles. The topological polar surface area (TPSA) is 72.9 Å². The summed E-state index contributed by atoms with van der Waals surface area (Å²) in [5.74, 6) is -1.54. The molecule has 130 valence electrons. The fraction of sp³-hybridized carbons (Fsp3) is 0.421. The van der Waals surface area contributed by atoms with Gasteiger partial charge in [0.15, 0.2) is 5.78 Å². The third kappa shape index (κ3) is 1.91. The van der Waals surface area contributed by atoms with Crippen LogP contribution >= 0.6 is 0 Å². The monoisotopic (exact) mass is 341 g/mol. The van der Waals surface area contributed by atoms with Crippen molar-refractivity contribution in [3.63, 3.8) is 0 Å². The van der Waals surface area contributed by atoms with Gasteiger partial charge in [-0.05, 0) is 39.0 Å². The van der Waals surface area contributed by atoms with Crippen LogP contribution in [0.25, 0.3) is 0 Å². The summed E-state index contributed by atoms with van der Waals surface area (Å²) in [6.07, 6.45) is 3.73. The van der Waals surface area contributed by atoms with Gasteiger partial charge < -0.3 is 9.47 Å². The molecule has 0 spiro atoms. The van der Waals surface area contributed by atoms with Gasteiger partial charge in [-0.25, -0.2) is 4.90 Å². The van der Waals surface area contributed by atoms with Gasteiger partial charge >= 0.3 is 0 Å². The minimum absolute atomic E-state index is 0.146. The summed E-state index contributed by atoms with van der Waals surface area (Å²) >= 11 is 0. The van der Waals surface area contributed by atoms with Crippen LogP contribution in [0.15, 0.2) is 30.4 Å². The molecule has 25 heavy (non-hydrogen) atoms. The number of benzene rings is 1. The molecule has 0 saturated carbocycles. The molecule has 3 aliphatic heterocycles. The van der Waals surface area contributed by atoms with Crippen molar-refractivity contribution in [1.82, 2.24) is 0 Å². The molecule has 6 heteroatoms. The highest BCUT2D eigenvalue weighted by Crippen LogP contribution is 2.58. The largest absolute Gasteiger partial charge is 0.495 e. The number of ether oxygens (including phenoxy) is 2. The van der Waals surface area contributed by atoms with E-state index in [4.69, 9.17) is 9.47 Å². The average Bonchev–Trinajstić information content (AvgIpc) is 3.11. The second-order valence-corrected chi connectivity index (χ2v) is 7.21. The Kier molecular flexibility index (Phi) is 3.07. The van der Waals surface area contributed by atoms with Crippen LogP contribution in [0.5, 0.6) is 5.75 Å². The number of imide groups is 1. The van der Waals surface area contributed by atoms with Crippen LogP contribution in [0.1, 0.15) is 31.1 Å². The highest BCUT2D eigenvalue weighted by molar-refractivity contribution is 6.24. The second-order valence-electron chi connectivity index (χ2n) is 7.21. The number of carbonyl (C=O) groups excluding carboxylic acids is 3. The van der Waals surface area contributed by atoms with E-state index < -0.39 is 23.0 Å². The van der Waals surface area contributed by atoms with E-state index in [0.717, 1.165) is 4.90 Å². The molecule has 2 fully saturated rings. The van der Waals surface area contributed by atoms with Gasteiger partial charge in [0.1, 0.15) is 5.75 Å². The highest BCUT2D eigenvalue weighted by Gasteiger charge is 2.70. The first-order valence-corrected chi connectivity index (χ1v) is 8.19. The third-order valence-corrected chi connectivity index (χ3v) is 5.55. The van der Waals surface area contributed by atoms with E-state index in [-0.39, 0.29) is 17.6 Å². The van der Waals surface area contributed by atoms with Crippen LogP contribution in [-0.2, 0) is 14.3 Å². The van der Waals surface area contributed by atoms with E-state index in [0.29, 0.717) is 17.0 Å². The summed E-state index contributed by atoms with van der Waals surface area (Å²) in [4.78, 5) is 39.2. The predicted molar refractivity (Wildman–Crippen MR) is 89.5 cm³/mol. The van der Waals surface area contributed by atoms with Crippen molar-refractivity contribution in [3.8, 4) is 5.75 Å². The predicted octanol–water partition coefficient (Wildman–Crippen LogP) is 2.12. The summed E-state index contributed by atoms with van der Waals surface area (Å²) in [6, 6.07) is 4.76. The van der Waals surface area contributed by atoms with Crippen molar-refractivity contribution in [3.05, 3.63) is 35.9 Å². The molecule has 2 amide bonds. The number of Topliss-reactive ketones (excluding diaryl/α,β-unsaturated/α-hetero) is 1. The van der Waals surface area contributed by atoms with Gasteiger partial charge in [-0.3, -0.25) is 14.4 Å². The Hall–Kier alpha value is -2.47. The number of carbonyl (C=O) groups is 3. The Morgan fingerprint density at radius 1 is 1.12 bits per heavy atom. The number of fused-ring (bicyclic) bond motifs is 5. The van der Waals surface area contributed by atoms with Crippen molar-refractivity contribution in [2.45, 2.75) is 32.0 Å². The molecule has 1 aromatic carbocycles. The lowest BCUT2D eigenvalue weighted by Crippen LogP contribution is -2.39. The molecule has 0 unspecified atom stereocenters. The zero-order valence-corrected chi connectivity index (χ0v) is 14.5. The number of hydrogen-bond acceptors (Lipinski definition) is 5. The maximum atomic E-state index is 13.1. The average molecular weight is 341 g/mol. The lowest BCUT2D eigenvalue weighted by atomic mass is 9.73. The molecule has 0 radical (unpaired) electrons. The number of nitrogens with zero attached hydrogens (tertiary/aromatic N) is 1. The fourth-order valence-corrected chi connectivity index (χ4v) is 4.35. The quantitative estimate of drug-likeness (QED) is 0.478. The zero-order chi connectivity index (χ0) is 18.1. The van der Waals surface area contributed by atoms with E-state index in [1.165, 1.54) is 14.0 Å². The Labute approximate surface area is 145 Å². The maximum absolute atomic E-state index is 13.1. The molecule has 1 aromatic rings. The van der Waals surface area contributed by atoms with Gasteiger partial charge in [0, 0.05) is 5.56 Å². The summed E-state index contributed by atoms with van der Waals surface area (Å²) < 4.78 is 11.3. The number of rotatable bonds is 3. The molecule has 6 nitrogen and oxygen atoms in total. The molecule has 4 atom stereocenters. The van der Waals surface area contributed by atoms with E-state index in [9.17, 15) is 14.4 Å². The molecule has 3 heterocycles. The molecule has 0 N–H and O–H groups in total. The molecule has 0 aromatic heterocycles. The molecular formula is C19H19NO5. The Bertz CT molecular complexity index is 823. The lowest BCUT2D eigenvalue weighted by molar-refractivity contribution is -0.128. The van der Waals surface area contributed by atoms with Crippen molar-refractivity contribution in [1.29, 1.82) is 0 Å². The molecular weight excluding hydrogens is 322 g/mol. The van der Waals surface area contributed by atoms with Crippen molar-refractivity contribution in [2.24, 2.45) is 11.8 Å². The van der Waals surface area contributed by atoms with Gasteiger partial charge in [0.2, 0.25) is 11.8 Å². The molecule has 4 rings (SSSR count). The van der Waals surface area contributed by atoms with Crippen LogP contribution in [0.2, 0.25) is 0 Å². The Morgan fingerprint density at radius 3 is 2.16 bits per heavy atom. The van der Waals surface area contributed by atoms with Crippen molar-refractivity contribution in [2.75, 3.05) is 12.0 Å². The first-order valence-electron chi connectivity index (χ1n) is 8.19.